The standard InChI is InChI=1S/C32H26Cl2N2O3S/c1-2-38-29-18-23(14-16-28(29)39-21-24-13-15-26(33)27(34)17-24)19-30-31(37)36(20-22-9-5-3-6-10-22)32(40-30)35-25-11-7-4-8-12-25/h3-19H,2,20-21H2,1H3/b30-19+,35-32?. The SMILES string of the molecule is CCOc1cc(/C=C2/SC(=Nc3ccccc3)N(Cc3ccccc3)C2=O)ccc1OCc1ccc(Cl)c(Cl)c1. The fraction of sp³-hybridized carbons (Fsp3) is 0.125. The Labute approximate surface area is 248 Å². The first-order chi connectivity index (χ1) is 19.5. The van der Waals surface area contributed by atoms with Gasteiger partial charge in [-0.2, -0.15) is 0 Å². The van der Waals surface area contributed by atoms with Crippen LogP contribution in [-0.4, -0.2) is 22.6 Å². The Balaban J connectivity index is 1.40. The van der Waals surface area contributed by atoms with Gasteiger partial charge in [0, 0.05) is 0 Å². The first-order valence-electron chi connectivity index (χ1n) is 12.7. The third-order valence-electron chi connectivity index (χ3n) is 6.00. The predicted octanol–water partition coefficient (Wildman–Crippen LogP) is 8.78. The molecule has 8 heteroatoms. The van der Waals surface area contributed by atoms with Gasteiger partial charge in [0.05, 0.1) is 33.8 Å². The highest BCUT2D eigenvalue weighted by atomic mass is 35.5. The van der Waals surface area contributed by atoms with Crippen molar-refractivity contribution in [2.75, 3.05) is 6.61 Å². The number of carbonyl (C=O) groups excluding carboxylic acids is 1. The van der Waals surface area contributed by atoms with Crippen molar-refractivity contribution in [2.24, 2.45) is 4.99 Å². The average molecular weight is 590 g/mol. The highest BCUT2D eigenvalue weighted by Crippen LogP contribution is 2.37. The van der Waals surface area contributed by atoms with Crippen LogP contribution < -0.4 is 9.47 Å². The summed E-state index contributed by atoms with van der Waals surface area (Å²) in [4.78, 5) is 20.7. The van der Waals surface area contributed by atoms with E-state index in [4.69, 9.17) is 37.7 Å². The van der Waals surface area contributed by atoms with Gasteiger partial charge in [-0.1, -0.05) is 83.9 Å². The van der Waals surface area contributed by atoms with Gasteiger partial charge in [-0.15, -0.1) is 0 Å². The Hall–Kier alpha value is -3.71. The first-order valence-corrected chi connectivity index (χ1v) is 14.3. The number of carbonyl (C=O) groups is 1. The summed E-state index contributed by atoms with van der Waals surface area (Å²) in [6, 6.07) is 30.6. The topological polar surface area (TPSA) is 51.1 Å². The summed E-state index contributed by atoms with van der Waals surface area (Å²) in [6.07, 6.45) is 1.86. The molecule has 1 amide bonds. The number of amides is 1. The number of rotatable bonds is 9. The molecule has 5 nitrogen and oxygen atoms in total. The lowest BCUT2D eigenvalue weighted by molar-refractivity contribution is -0.122. The van der Waals surface area contributed by atoms with Crippen LogP contribution in [0.25, 0.3) is 6.08 Å². The minimum absolute atomic E-state index is 0.0959. The second-order valence-corrected chi connectivity index (χ2v) is 10.7. The number of nitrogens with zero attached hydrogens (tertiary/aromatic N) is 2. The second kappa shape index (κ2) is 13.1. The molecule has 202 valence electrons. The number of benzene rings is 4. The minimum atomic E-state index is -0.0959. The fourth-order valence-corrected chi connectivity index (χ4v) is 5.37. The lowest BCUT2D eigenvalue weighted by atomic mass is 10.1. The zero-order valence-electron chi connectivity index (χ0n) is 21.7. The Kier molecular flexibility index (Phi) is 9.12. The molecule has 40 heavy (non-hydrogen) atoms. The van der Waals surface area contributed by atoms with Crippen LogP contribution in [0.2, 0.25) is 10.0 Å². The van der Waals surface area contributed by atoms with Crippen molar-refractivity contribution in [3.05, 3.63) is 129 Å². The predicted molar refractivity (Wildman–Crippen MR) is 165 cm³/mol. The summed E-state index contributed by atoms with van der Waals surface area (Å²) < 4.78 is 11.9. The van der Waals surface area contributed by atoms with Crippen molar-refractivity contribution >= 4 is 57.8 Å². The van der Waals surface area contributed by atoms with E-state index in [-0.39, 0.29) is 5.91 Å². The van der Waals surface area contributed by atoms with E-state index < -0.39 is 0 Å². The third-order valence-corrected chi connectivity index (χ3v) is 7.74. The number of para-hydroxylation sites is 1. The van der Waals surface area contributed by atoms with E-state index in [1.807, 2.05) is 97.9 Å². The molecule has 0 bridgehead atoms. The molecule has 1 saturated heterocycles. The number of hydrogen-bond donors (Lipinski definition) is 0. The highest BCUT2D eigenvalue weighted by molar-refractivity contribution is 8.18. The largest absolute Gasteiger partial charge is 0.490 e. The molecular formula is C32H26Cl2N2O3S. The van der Waals surface area contributed by atoms with Crippen molar-refractivity contribution in [3.8, 4) is 11.5 Å². The van der Waals surface area contributed by atoms with Gasteiger partial charge in [-0.3, -0.25) is 9.69 Å². The van der Waals surface area contributed by atoms with Crippen molar-refractivity contribution in [1.29, 1.82) is 0 Å². The number of amidine groups is 1. The van der Waals surface area contributed by atoms with E-state index in [9.17, 15) is 4.79 Å². The number of hydrogen-bond acceptors (Lipinski definition) is 5. The van der Waals surface area contributed by atoms with Gasteiger partial charge >= 0.3 is 0 Å². The van der Waals surface area contributed by atoms with Crippen LogP contribution in [0.15, 0.2) is 107 Å². The molecule has 0 spiro atoms. The molecule has 1 fully saturated rings. The molecule has 1 heterocycles. The lowest BCUT2D eigenvalue weighted by Gasteiger charge is -2.15. The van der Waals surface area contributed by atoms with Gasteiger partial charge in [0.15, 0.2) is 16.7 Å². The zero-order chi connectivity index (χ0) is 27.9. The smallest absolute Gasteiger partial charge is 0.267 e. The van der Waals surface area contributed by atoms with E-state index in [1.54, 1.807) is 17.0 Å². The quantitative estimate of drug-likeness (QED) is 0.183. The van der Waals surface area contributed by atoms with Gasteiger partial charge in [0.25, 0.3) is 5.91 Å². The lowest BCUT2D eigenvalue weighted by Crippen LogP contribution is -2.28. The molecular weight excluding hydrogens is 563 g/mol. The van der Waals surface area contributed by atoms with E-state index >= 15 is 0 Å². The van der Waals surface area contributed by atoms with Crippen molar-refractivity contribution < 1.29 is 14.3 Å². The van der Waals surface area contributed by atoms with Crippen LogP contribution in [0.5, 0.6) is 11.5 Å². The molecule has 0 radical (unpaired) electrons. The summed E-state index contributed by atoms with van der Waals surface area (Å²) in [5.41, 5.74) is 3.53. The molecule has 4 aromatic carbocycles. The zero-order valence-corrected chi connectivity index (χ0v) is 24.0. The summed E-state index contributed by atoms with van der Waals surface area (Å²) in [5, 5.41) is 1.61. The van der Waals surface area contributed by atoms with Crippen LogP contribution in [-0.2, 0) is 17.9 Å². The number of thioether (sulfide) groups is 1. The first kappa shape index (κ1) is 27.8. The van der Waals surface area contributed by atoms with Gasteiger partial charge in [0.1, 0.15) is 6.61 Å². The van der Waals surface area contributed by atoms with Gasteiger partial charge < -0.3 is 9.47 Å². The average Bonchev–Trinajstić information content (AvgIpc) is 3.24. The van der Waals surface area contributed by atoms with Gasteiger partial charge in [0.2, 0.25) is 0 Å². The molecule has 1 aliphatic rings. The maximum Gasteiger partial charge on any atom is 0.267 e. The van der Waals surface area contributed by atoms with Crippen molar-refractivity contribution in [2.45, 2.75) is 20.1 Å². The molecule has 0 saturated carbocycles. The van der Waals surface area contributed by atoms with Crippen molar-refractivity contribution in [3.63, 3.8) is 0 Å². The third kappa shape index (κ3) is 6.89. The van der Waals surface area contributed by atoms with Crippen LogP contribution in [0.3, 0.4) is 0 Å². The fourth-order valence-electron chi connectivity index (χ4n) is 4.05. The van der Waals surface area contributed by atoms with Crippen LogP contribution in [0, 0.1) is 0 Å². The Bertz CT molecular complexity index is 1560. The number of ether oxygens (including phenoxy) is 2. The molecule has 0 aromatic heterocycles. The molecule has 5 rings (SSSR count). The highest BCUT2D eigenvalue weighted by Gasteiger charge is 2.33. The Morgan fingerprint density at radius 1 is 0.825 bits per heavy atom. The maximum atomic E-state index is 13.6. The number of aliphatic imine (C=N–C) groups is 1. The normalized spacial score (nSPS) is 15.2. The van der Waals surface area contributed by atoms with Gasteiger partial charge in [-0.25, -0.2) is 4.99 Å². The molecule has 1 aliphatic heterocycles. The van der Waals surface area contributed by atoms with Crippen LogP contribution in [0.4, 0.5) is 5.69 Å². The number of halogens is 2. The molecule has 4 aromatic rings. The maximum absolute atomic E-state index is 13.6. The summed E-state index contributed by atoms with van der Waals surface area (Å²) in [7, 11) is 0. The minimum Gasteiger partial charge on any atom is -0.490 e. The van der Waals surface area contributed by atoms with E-state index in [0.29, 0.717) is 51.4 Å². The summed E-state index contributed by atoms with van der Waals surface area (Å²) >= 11 is 13.5. The summed E-state index contributed by atoms with van der Waals surface area (Å²) in [5.74, 6) is 1.09. The Morgan fingerprint density at radius 2 is 1.57 bits per heavy atom. The Morgan fingerprint density at radius 3 is 2.30 bits per heavy atom. The van der Waals surface area contributed by atoms with Crippen LogP contribution in [0.1, 0.15) is 23.6 Å². The molecule has 0 aliphatic carbocycles. The molecule has 0 unspecified atom stereocenters. The molecule has 0 N–H and O–H groups in total. The second-order valence-electron chi connectivity index (χ2n) is 8.89. The van der Waals surface area contributed by atoms with E-state index in [1.165, 1.54) is 11.8 Å². The van der Waals surface area contributed by atoms with E-state index in [0.717, 1.165) is 22.4 Å². The molecule has 0 atom stereocenters. The van der Waals surface area contributed by atoms with Gasteiger partial charge in [-0.05, 0) is 77.9 Å². The monoisotopic (exact) mass is 588 g/mol. The summed E-state index contributed by atoms with van der Waals surface area (Å²) in [6.45, 7) is 3.12. The van der Waals surface area contributed by atoms with Crippen molar-refractivity contribution in [1.82, 2.24) is 4.90 Å². The van der Waals surface area contributed by atoms with Crippen LogP contribution >= 0.6 is 35.0 Å². The van der Waals surface area contributed by atoms with E-state index in [2.05, 4.69) is 0 Å².